The summed E-state index contributed by atoms with van der Waals surface area (Å²) < 4.78 is 69.2. The number of carbonyl (C=O) groups is 1. The molecule has 6 aliphatic heterocycles. The molecule has 7 heterocycles. The fourth-order valence-corrected chi connectivity index (χ4v) is 12.6. The molecule has 7 aliphatic rings. The quantitative estimate of drug-likeness (QED) is 0.100. The summed E-state index contributed by atoms with van der Waals surface area (Å²) >= 11 is 0. The van der Waals surface area contributed by atoms with Gasteiger partial charge >= 0.3 is 5.97 Å². The predicted octanol–water partition coefficient (Wildman–Crippen LogP) is 8.25. The second-order valence-electron chi connectivity index (χ2n) is 23.1. The van der Waals surface area contributed by atoms with Crippen LogP contribution in [-0.4, -0.2) is 150 Å². The van der Waals surface area contributed by atoms with Crippen LogP contribution < -0.4 is 5.43 Å². The minimum absolute atomic E-state index is 0.0317. The Morgan fingerprint density at radius 2 is 1.54 bits per heavy atom. The SMILES string of the molecule is CCC(C)C1OC2(C=CC1C)CC1CC(CC=C(C)C(OC3CC(OC)C(OC4CC(OC)C(O)C(C)O4)C(C)O3)C(C)C=CC=C3COC4C(O)C(C)=CC(C(=O)O1)C34O)O2.O=c1cc(-c2ccccc2)oc2cc(O)cc(O)c12. The summed E-state index contributed by atoms with van der Waals surface area (Å²) in [6.07, 6.45) is 8.55. The molecule has 3 aromatic rings. The molecule has 18 heteroatoms. The van der Waals surface area contributed by atoms with Gasteiger partial charge in [0, 0.05) is 75.5 Å². The number of rotatable bonds is 9. The summed E-state index contributed by atoms with van der Waals surface area (Å²) in [7, 11) is 3.22. The molecule has 5 N–H and O–H groups in total. The maximum absolute atomic E-state index is 14.3. The number of benzene rings is 2. The van der Waals surface area contributed by atoms with Crippen molar-refractivity contribution in [3.63, 3.8) is 0 Å². The van der Waals surface area contributed by atoms with E-state index in [9.17, 15) is 35.1 Å². The van der Waals surface area contributed by atoms with E-state index >= 15 is 0 Å². The summed E-state index contributed by atoms with van der Waals surface area (Å²) in [6.45, 7) is 16.1. The number of aliphatic hydroxyl groups is 3. The molecule has 10 rings (SSSR count). The van der Waals surface area contributed by atoms with Crippen LogP contribution in [0, 0.1) is 23.7 Å². The molecule has 1 aromatic heterocycles. The molecule has 18 nitrogen and oxygen atoms in total. The van der Waals surface area contributed by atoms with Gasteiger partial charge in [-0.15, -0.1) is 0 Å². The van der Waals surface area contributed by atoms with E-state index in [4.69, 9.17) is 51.8 Å². The van der Waals surface area contributed by atoms with E-state index < -0.39 is 90.8 Å². The van der Waals surface area contributed by atoms with Crippen LogP contribution in [0.4, 0.5) is 0 Å². The number of hydrogen-bond acceptors (Lipinski definition) is 18. The highest BCUT2D eigenvalue weighted by molar-refractivity contribution is 5.86. The second-order valence-corrected chi connectivity index (χ2v) is 23.1. The standard InChI is InChI=1S/C48H72O14.C15H10O4/c1-11-25(2)43-28(5)17-18-47(62-43)23-34-20-33(61-47)16-15-27(4)42(26(3)13-12-14-32-24-55-45-40(49)29(6)19-35(46(51)58-34)48(32,45)52)59-39-22-37(54-10)44(31(8)57-39)60-38-21-36(53-9)41(50)30(7)56-38;16-10-6-11(17)15-12(18)8-13(19-14(15)7-10)9-4-2-1-3-5-9/h12-15,17-19,25-26,28,30-31,33-45,49-50,52H,11,16,20-24H2,1-10H3;1-8,16-17H. The topological polar surface area (TPSA) is 241 Å². The fraction of sp³-hybridized carbons (Fsp3) is 0.587. The predicted molar refractivity (Wildman–Crippen MR) is 299 cm³/mol. The minimum Gasteiger partial charge on any atom is -0.508 e. The number of carbonyl (C=O) groups excluding carboxylic acids is 1. The van der Waals surface area contributed by atoms with Gasteiger partial charge in [0.05, 0.1) is 49.3 Å². The lowest BCUT2D eigenvalue weighted by Gasteiger charge is -2.48. The van der Waals surface area contributed by atoms with Crippen molar-refractivity contribution >= 4 is 16.9 Å². The molecular weight excluding hydrogens is 1040 g/mol. The third kappa shape index (κ3) is 12.9. The van der Waals surface area contributed by atoms with Crippen molar-refractivity contribution in [2.75, 3.05) is 20.8 Å². The lowest BCUT2D eigenvalue weighted by molar-refractivity contribution is -0.318. The number of hydrogen-bond donors (Lipinski definition) is 5. The zero-order chi connectivity index (χ0) is 58.1. The fourth-order valence-electron chi connectivity index (χ4n) is 12.6. The van der Waals surface area contributed by atoms with Crippen LogP contribution in [0.1, 0.15) is 93.9 Å². The van der Waals surface area contributed by atoms with E-state index in [0.717, 1.165) is 23.6 Å². The van der Waals surface area contributed by atoms with Gasteiger partial charge < -0.3 is 77.3 Å². The van der Waals surface area contributed by atoms with Gasteiger partial charge in [0.1, 0.15) is 70.3 Å². The normalized spacial score (nSPS) is 38.5. The molecule has 81 heavy (non-hydrogen) atoms. The largest absolute Gasteiger partial charge is 0.508 e. The van der Waals surface area contributed by atoms with Crippen molar-refractivity contribution in [2.24, 2.45) is 23.7 Å². The molecule has 0 amide bonds. The molecule has 0 saturated carbocycles. The molecule has 20 unspecified atom stereocenters. The molecule has 1 aliphatic carbocycles. The van der Waals surface area contributed by atoms with E-state index in [2.05, 4.69) is 39.8 Å². The number of allylic oxidation sites excluding steroid dienone is 2. The highest BCUT2D eigenvalue weighted by Crippen LogP contribution is 2.47. The summed E-state index contributed by atoms with van der Waals surface area (Å²) in [5.74, 6) is -2.61. The van der Waals surface area contributed by atoms with Crippen molar-refractivity contribution in [3.8, 4) is 22.8 Å². The van der Waals surface area contributed by atoms with Gasteiger partial charge in [0.15, 0.2) is 23.8 Å². The van der Waals surface area contributed by atoms with Crippen LogP contribution in [0.3, 0.4) is 0 Å². The Labute approximate surface area is 473 Å². The number of aliphatic hydroxyl groups excluding tert-OH is 2. The van der Waals surface area contributed by atoms with E-state index in [0.29, 0.717) is 49.0 Å². The maximum Gasteiger partial charge on any atom is 0.316 e. The molecule has 20 atom stereocenters. The van der Waals surface area contributed by atoms with Crippen LogP contribution in [0.15, 0.2) is 117 Å². The monoisotopic (exact) mass is 1130 g/mol. The highest BCUT2D eigenvalue weighted by Gasteiger charge is 2.60. The average molecular weight is 1130 g/mol. The first-order chi connectivity index (χ1) is 38.6. The van der Waals surface area contributed by atoms with Gasteiger partial charge in [-0.2, -0.15) is 0 Å². The molecule has 2 aromatic carbocycles. The van der Waals surface area contributed by atoms with E-state index in [-0.39, 0.29) is 70.6 Å². The number of aromatic hydroxyl groups is 2. The van der Waals surface area contributed by atoms with Crippen molar-refractivity contribution in [1.29, 1.82) is 0 Å². The first-order valence-electron chi connectivity index (χ1n) is 28.6. The maximum atomic E-state index is 14.3. The van der Waals surface area contributed by atoms with Gasteiger partial charge in [-0.25, -0.2) is 0 Å². The van der Waals surface area contributed by atoms with Gasteiger partial charge in [0.25, 0.3) is 0 Å². The first-order valence-corrected chi connectivity index (χ1v) is 28.6. The van der Waals surface area contributed by atoms with Gasteiger partial charge in [-0.1, -0.05) is 101 Å². The summed E-state index contributed by atoms with van der Waals surface area (Å²) in [5, 5.41) is 53.4. The molecular formula is C63H82O18. The van der Waals surface area contributed by atoms with Crippen molar-refractivity contribution < 1.29 is 82.1 Å². The van der Waals surface area contributed by atoms with Crippen LogP contribution in [0.5, 0.6) is 11.5 Å². The summed E-state index contributed by atoms with van der Waals surface area (Å²) in [6, 6.07) is 12.9. The zero-order valence-electron chi connectivity index (χ0n) is 48.0. The van der Waals surface area contributed by atoms with E-state index in [1.54, 1.807) is 40.2 Å². The number of phenols is 2. The van der Waals surface area contributed by atoms with Crippen LogP contribution in [0.25, 0.3) is 22.3 Å². The molecule has 0 radical (unpaired) electrons. The number of fused-ring (bicyclic) bond motifs is 3. The molecule has 1 spiro atoms. The van der Waals surface area contributed by atoms with Gasteiger partial charge in [-0.05, 0) is 62.8 Å². The van der Waals surface area contributed by atoms with Crippen LogP contribution >= 0.6 is 0 Å². The van der Waals surface area contributed by atoms with Crippen LogP contribution in [0.2, 0.25) is 0 Å². The van der Waals surface area contributed by atoms with Crippen molar-refractivity contribution in [3.05, 3.63) is 118 Å². The number of esters is 1. The Kier molecular flexibility index (Phi) is 19.0. The third-order valence-electron chi connectivity index (χ3n) is 17.4. The van der Waals surface area contributed by atoms with Gasteiger partial charge in [0.2, 0.25) is 0 Å². The molecule has 4 fully saturated rings. The Hall–Kier alpha value is -5.06. The number of methoxy groups -OCH3 is 2. The number of ether oxygens (including phenoxy) is 10. The zero-order valence-corrected chi connectivity index (χ0v) is 48.0. The molecule has 4 saturated heterocycles. The van der Waals surface area contributed by atoms with Crippen molar-refractivity contribution in [2.45, 2.75) is 191 Å². The Morgan fingerprint density at radius 3 is 2.27 bits per heavy atom. The smallest absolute Gasteiger partial charge is 0.316 e. The Morgan fingerprint density at radius 1 is 0.827 bits per heavy atom. The molecule has 2 bridgehead atoms. The number of phenolic OH excluding ortho intramolecular Hbond substituents is 2. The van der Waals surface area contributed by atoms with E-state index in [1.807, 2.05) is 62.4 Å². The Bertz CT molecular complexity index is 2890. The molecule has 442 valence electrons. The Balaban J connectivity index is 0.000000349. The van der Waals surface area contributed by atoms with Crippen LogP contribution in [-0.2, 0) is 52.2 Å². The average Bonchev–Trinajstić information content (AvgIpc) is 4.08. The summed E-state index contributed by atoms with van der Waals surface area (Å²) in [4.78, 5) is 26.4. The minimum atomic E-state index is -1.84. The van der Waals surface area contributed by atoms with Gasteiger partial charge in [-0.3, -0.25) is 9.59 Å². The first kappa shape index (κ1) is 60.5. The lowest BCUT2D eigenvalue weighted by atomic mass is 9.71. The second kappa shape index (κ2) is 25.4. The van der Waals surface area contributed by atoms with Crippen molar-refractivity contribution in [1.82, 2.24) is 0 Å². The summed E-state index contributed by atoms with van der Waals surface area (Å²) in [5.41, 5.74) is 0.695. The van der Waals surface area contributed by atoms with E-state index in [1.165, 1.54) is 12.1 Å². The third-order valence-corrected chi connectivity index (χ3v) is 17.4. The lowest BCUT2D eigenvalue weighted by Crippen LogP contribution is -2.58. The highest BCUT2D eigenvalue weighted by atomic mass is 16.7.